The van der Waals surface area contributed by atoms with Crippen LogP contribution in [0.3, 0.4) is 0 Å². The highest BCUT2D eigenvalue weighted by molar-refractivity contribution is 7.12. The summed E-state index contributed by atoms with van der Waals surface area (Å²) in [4.78, 5) is 15.2. The summed E-state index contributed by atoms with van der Waals surface area (Å²) < 4.78 is 10.7. The van der Waals surface area contributed by atoms with E-state index in [1.807, 2.05) is 29.6 Å². The van der Waals surface area contributed by atoms with Crippen molar-refractivity contribution in [3.63, 3.8) is 0 Å². The zero-order valence-electron chi connectivity index (χ0n) is 12.4. The first-order valence-electron chi connectivity index (χ1n) is 7.13. The third-order valence-electron chi connectivity index (χ3n) is 3.55. The van der Waals surface area contributed by atoms with Gasteiger partial charge in [-0.15, -0.1) is 11.3 Å². The lowest BCUT2D eigenvalue weighted by Gasteiger charge is -2.29. The highest BCUT2D eigenvalue weighted by atomic mass is 32.1. The smallest absolute Gasteiger partial charge is 0.265 e. The van der Waals surface area contributed by atoms with Crippen LogP contribution < -0.4 is 15.0 Å². The maximum absolute atomic E-state index is 12.2. The van der Waals surface area contributed by atoms with Crippen molar-refractivity contribution in [1.29, 1.82) is 0 Å². The summed E-state index contributed by atoms with van der Waals surface area (Å²) in [6, 6.07) is 9.51. The number of carbonyl (C=O) groups is 1. The minimum Gasteiger partial charge on any atom is -0.495 e. The van der Waals surface area contributed by atoms with Crippen LogP contribution in [0.1, 0.15) is 9.67 Å². The Balaban J connectivity index is 1.83. The lowest BCUT2D eigenvalue weighted by atomic mass is 10.2. The Kier molecular flexibility index (Phi) is 4.60. The van der Waals surface area contributed by atoms with Crippen LogP contribution in [0.2, 0.25) is 0 Å². The fourth-order valence-corrected chi connectivity index (χ4v) is 3.02. The van der Waals surface area contributed by atoms with E-state index in [1.165, 1.54) is 11.3 Å². The van der Waals surface area contributed by atoms with E-state index >= 15 is 0 Å². The van der Waals surface area contributed by atoms with Crippen molar-refractivity contribution in [3.05, 3.63) is 40.6 Å². The molecule has 1 aliphatic heterocycles. The van der Waals surface area contributed by atoms with E-state index in [0.29, 0.717) is 16.3 Å². The SMILES string of the molecule is COc1ccc(N2CCOCC2)cc1NC(=O)c1cccs1. The molecular formula is C16H18N2O3S. The molecule has 1 aromatic carbocycles. The van der Waals surface area contributed by atoms with E-state index in [2.05, 4.69) is 10.2 Å². The maximum Gasteiger partial charge on any atom is 0.265 e. The van der Waals surface area contributed by atoms with Crippen LogP contribution in [0.25, 0.3) is 0 Å². The number of ether oxygens (including phenoxy) is 2. The number of hydrogen-bond donors (Lipinski definition) is 1. The molecule has 1 aromatic heterocycles. The summed E-state index contributed by atoms with van der Waals surface area (Å²) in [7, 11) is 1.60. The zero-order chi connectivity index (χ0) is 15.4. The van der Waals surface area contributed by atoms with Crippen LogP contribution in [0.15, 0.2) is 35.7 Å². The molecule has 2 aromatic rings. The Hall–Kier alpha value is -2.05. The Morgan fingerprint density at radius 2 is 2.14 bits per heavy atom. The Morgan fingerprint density at radius 3 is 2.82 bits per heavy atom. The molecule has 0 bridgehead atoms. The summed E-state index contributed by atoms with van der Waals surface area (Å²) >= 11 is 1.42. The third kappa shape index (κ3) is 3.23. The molecule has 0 spiro atoms. The monoisotopic (exact) mass is 318 g/mol. The van der Waals surface area contributed by atoms with E-state index in [1.54, 1.807) is 13.2 Å². The number of nitrogens with one attached hydrogen (secondary N) is 1. The van der Waals surface area contributed by atoms with Gasteiger partial charge in [0.1, 0.15) is 5.75 Å². The van der Waals surface area contributed by atoms with Crippen LogP contribution in [-0.4, -0.2) is 39.3 Å². The molecule has 5 nitrogen and oxygen atoms in total. The van der Waals surface area contributed by atoms with Gasteiger partial charge in [0.25, 0.3) is 5.91 Å². The van der Waals surface area contributed by atoms with Gasteiger partial charge in [0.2, 0.25) is 0 Å². The van der Waals surface area contributed by atoms with Crippen molar-refractivity contribution in [2.75, 3.05) is 43.6 Å². The number of anilines is 2. The van der Waals surface area contributed by atoms with E-state index in [-0.39, 0.29) is 5.91 Å². The fraction of sp³-hybridized carbons (Fsp3) is 0.312. The van der Waals surface area contributed by atoms with Gasteiger partial charge in [-0.3, -0.25) is 4.79 Å². The van der Waals surface area contributed by atoms with E-state index in [9.17, 15) is 4.79 Å². The standard InChI is InChI=1S/C16H18N2O3S/c1-20-14-5-4-12(18-6-8-21-9-7-18)11-13(14)17-16(19)15-3-2-10-22-15/h2-5,10-11H,6-9H2,1H3,(H,17,19). The summed E-state index contributed by atoms with van der Waals surface area (Å²) in [5, 5.41) is 4.82. The first-order chi connectivity index (χ1) is 10.8. The number of methoxy groups -OCH3 is 1. The Labute approximate surface area is 133 Å². The normalized spacial score (nSPS) is 14.7. The molecule has 22 heavy (non-hydrogen) atoms. The summed E-state index contributed by atoms with van der Waals surface area (Å²) in [5.74, 6) is 0.536. The first kappa shape index (κ1) is 14.9. The maximum atomic E-state index is 12.2. The van der Waals surface area contributed by atoms with E-state index in [4.69, 9.17) is 9.47 Å². The topological polar surface area (TPSA) is 50.8 Å². The number of thiophene rings is 1. The summed E-state index contributed by atoms with van der Waals surface area (Å²) in [6.07, 6.45) is 0. The summed E-state index contributed by atoms with van der Waals surface area (Å²) in [6.45, 7) is 3.15. The number of nitrogens with zero attached hydrogens (tertiary/aromatic N) is 1. The zero-order valence-corrected chi connectivity index (χ0v) is 13.2. The number of hydrogen-bond acceptors (Lipinski definition) is 5. The largest absolute Gasteiger partial charge is 0.495 e. The lowest BCUT2D eigenvalue weighted by Crippen LogP contribution is -2.36. The fourth-order valence-electron chi connectivity index (χ4n) is 2.40. The van der Waals surface area contributed by atoms with Crippen molar-refractivity contribution in [3.8, 4) is 5.75 Å². The van der Waals surface area contributed by atoms with Crippen LogP contribution in [0, 0.1) is 0 Å². The van der Waals surface area contributed by atoms with Gasteiger partial charge >= 0.3 is 0 Å². The van der Waals surface area contributed by atoms with Gasteiger partial charge in [0.05, 0.1) is 30.9 Å². The molecular weight excluding hydrogens is 300 g/mol. The van der Waals surface area contributed by atoms with Gasteiger partial charge in [-0.05, 0) is 29.6 Å². The van der Waals surface area contributed by atoms with Gasteiger partial charge in [0, 0.05) is 18.8 Å². The molecule has 3 rings (SSSR count). The molecule has 0 radical (unpaired) electrons. The molecule has 0 unspecified atom stereocenters. The first-order valence-corrected chi connectivity index (χ1v) is 8.01. The molecule has 1 amide bonds. The number of morpholine rings is 1. The number of benzene rings is 1. The van der Waals surface area contributed by atoms with E-state index < -0.39 is 0 Å². The number of amides is 1. The predicted octanol–water partition coefficient (Wildman–Crippen LogP) is 2.85. The molecule has 2 heterocycles. The van der Waals surface area contributed by atoms with Crippen molar-refractivity contribution in [2.24, 2.45) is 0 Å². The second-order valence-corrected chi connectivity index (χ2v) is 5.86. The summed E-state index contributed by atoms with van der Waals surface area (Å²) in [5.41, 5.74) is 1.75. The lowest BCUT2D eigenvalue weighted by molar-refractivity contribution is 0.103. The van der Waals surface area contributed by atoms with Crippen LogP contribution in [0.5, 0.6) is 5.75 Å². The highest BCUT2D eigenvalue weighted by Crippen LogP contribution is 2.30. The molecule has 1 fully saturated rings. The molecule has 0 aliphatic carbocycles. The quantitative estimate of drug-likeness (QED) is 0.942. The molecule has 0 atom stereocenters. The van der Waals surface area contributed by atoms with Gasteiger partial charge in [-0.25, -0.2) is 0 Å². The van der Waals surface area contributed by atoms with Crippen molar-refractivity contribution in [1.82, 2.24) is 0 Å². The third-order valence-corrected chi connectivity index (χ3v) is 4.42. The molecule has 1 saturated heterocycles. The Morgan fingerprint density at radius 1 is 1.32 bits per heavy atom. The van der Waals surface area contributed by atoms with Gasteiger partial charge in [0.15, 0.2) is 0 Å². The van der Waals surface area contributed by atoms with Gasteiger partial charge in [-0.1, -0.05) is 6.07 Å². The minimum atomic E-state index is -0.118. The van der Waals surface area contributed by atoms with Crippen molar-refractivity contribution < 1.29 is 14.3 Å². The average molecular weight is 318 g/mol. The van der Waals surface area contributed by atoms with Crippen molar-refractivity contribution in [2.45, 2.75) is 0 Å². The van der Waals surface area contributed by atoms with Crippen LogP contribution >= 0.6 is 11.3 Å². The van der Waals surface area contributed by atoms with Crippen LogP contribution in [-0.2, 0) is 4.74 Å². The van der Waals surface area contributed by atoms with Crippen molar-refractivity contribution >= 4 is 28.6 Å². The highest BCUT2D eigenvalue weighted by Gasteiger charge is 2.15. The Bertz CT molecular complexity index is 637. The molecule has 6 heteroatoms. The molecule has 116 valence electrons. The van der Waals surface area contributed by atoms with E-state index in [0.717, 1.165) is 32.0 Å². The molecule has 1 aliphatic rings. The molecule has 1 N–H and O–H groups in total. The second kappa shape index (κ2) is 6.81. The second-order valence-electron chi connectivity index (χ2n) is 4.92. The molecule has 0 saturated carbocycles. The average Bonchev–Trinajstić information content (AvgIpc) is 3.10. The predicted molar refractivity (Wildman–Crippen MR) is 88.3 cm³/mol. The van der Waals surface area contributed by atoms with Gasteiger partial charge < -0.3 is 19.7 Å². The minimum absolute atomic E-state index is 0.118. The van der Waals surface area contributed by atoms with Gasteiger partial charge in [-0.2, -0.15) is 0 Å². The number of rotatable bonds is 4. The van der Waals surface area contributed by atoms with Crippen LogP contribution in [0.4, 0.5) is 11.4 Å². The number of carbonyl (C=O) groups excluding carboxylic acids is 1.